The fourth-order valence-electron chi connectivity index (χ4n) is 3.41. The third-order valence-corrected chi connectivity index (χ3v) is 4.87. The quantitative estimate of drug-likeness (QED) is 0.746. The molecule has 116 valence electrons. The van der Waals surface area contributed by atoms with Crippen molar-refractivity contribution in [3.63, 3.8) is 0 Å². The maximum absolute atomic E-state index is 4.80. The van der Waals surface area contributed by atoms with E-state index in [0.29, 0.717) is 5.92 Å². The Balaban J connectivity index is 1.37. The van der Waals surface area contributed by atoms with Crippen LogP contribution in [0.5, 0.6) is 0 Å². The van der Waals surface area contributed by atoms with Crippen LogP contribution in [-0.2, 0) is 19.5 Å². The summed E-state index contributed by atoms with van der Waals surface area (Å²) in [6.07, 6.45) is 9.59. The molecule has 1 fully saturated rings. The van der Waals surface area contributed by atoms with Gasteiger partial charge in [-0.3, -0.25) is 4.90 Å². The number of aromatic nitrogens is 4. The van der Waals surface area contributed by atoms with E-state index in [4.69, 9.17) is 4.98 Å². The number of pyridine rings is 1. The van der Waals surface area contributed by atoms with Crippen molar-refractivity contribution in [2.45, 2.75) is 38.3 Å². The third-order valence-electron chi connectivity index (χ3n) is 4.87. The van der Waals surface area contributed by atoms with Crippen molar-refractivity contribution in [3.8, 4) is 0 Å². The standard InChI is InChI=1S/C18H19N5/c1-2-7-23-17(3-1)15(10-20-23)12-22-8-6-16-14(11-22)9-19-18(21-16)13-4-5-13/h1-3,7,9-10,13H,4-6,8,11-12H2. The molecule has 5 nitrogen and oxygen atoms in total. The summed E-state index contributed by atoms with van der Waals surface area (Å²) >= 11 is 0. The predicted molar refractivity (Wildman–Crippen MR) is 87.0 cm³/mol. The van der Waals surface area contributed by atoms with Crippen LogP contribution in [0, 0.1) is 0 Å². The molecule has 0 atom stereocenters. The highest BCUT2D eigenvalue weighted by Crippen LogP contribution is 2.38. The fourth-order valence-corrected chi connectivity index (χ4v) is 3.41. The molecule has 1 saturated carbocycles. The molecule has 23 heavy (non-hydrogen) atoms. The zero-order valence-electron chi connectivity index (χ0n) is 13.0. The molecule has 0 spiro atoms. The smallest absolute Gasteiger partial charge is 0.131 e. The second-order valence-corrected chi connectivity index (χ2v) is 6.64. The van der Waals surface area contributed by atoms with Crippen LogP contribution in [0.2, 0.25) is 0 Å². The molecular weight excluding hydrogens is 286 g/mol. The molecule has 0 bridgehead atoms. The molecule has 0 aromatic carbocycles. The Morgan fingerprint density at radius 1 is 1.17 bits per heavy atom. The Bertz CT molecular complexity index is 865. The Morgan fingerprint density at radius 2 is 2.13 bits per heavy atom. The van der Waals surface area contributed by atoms with E-state index in [1.807, 2.05) is 23.0 Å². The molecule has 2 aliphatic rings. The van der Waals surface area contributed by atoms with Crippen molar-refractivity contribution in [3.05, 3.63) is 59.4 Å². The zero-order chi connectivity index (χ0) is 15.2. The fraction of sp³-hybridized carbons (Fsp3) is 0.389. The van der Waals surface area contributed by atoms with Gasteiger partial charge in [0.15, 0.2) is 0 Å². The van der Waals surface area contributed by atoms with Crippen LogP contribution in [-0.4, -0.2) is 31.0 Å². The molecule has 1 aliphatic heterocycles. The van der Waals surface area contributed by atoms with Crippen LogP contribution in [0.15, 0.2) is 36.8 Å². The zero-order valence-corrected chi connectivity index (χ0v) is 13.0. The molecule has 1 aliphatic carbocycles. The number of rotatable bonds is 3. The molecule has 0 amide bonds. The molecule has 0 saturated heterocycles. The minimum atomic E-state index is 0.636. The van der Waals surface area contributed by atoms with E-state index in [-0.39, 0.29) is 0 Å². The summed E-state index contributed by atoms with van der Waals surface area (Å²) in [5.41, 5.74) is 5.03. The first kappa shape index (κ1) is 13.2. The van der Waals surface area contributed by atoms with E-state index in [2.05, 4.69) is 33.3 Å². The topological polar surface area (TPSA) is 46.3 Å². The normalized spacial score (nSPS) is 18.3. The van der Waals surface area contributed by atoms with Gasteiger partial charge in [-0.1, -0.05) is 6.07 Å². The first-order valence-corrected chi connectivity index (χ1v) is 8.35. The Hall–Kier alpha value is -2.27. The number of hydrogen-bond acceptors (Lipinski definition) is 4. The largest absolute Gasteiger partial charge is 0.294 e. The number of fused-ring (bicyclic) bond motifs is 2. The maximum atomic E-state index is 4.80. The molecule has 5 rings (SSSR count). The van der Waals surface area contributed by atoms with E-state index >= 15 is 0 Å². The van der Waals surface area contributed by atoms with Gasteiger partial charge in [-0.25, -0.2) is 14.5 Å². The van der Waals surface area contributed by atoms with Gasteiger partial charge >= 0.3 is 0 Å². The minimum absolute atomic E-state index is 0.636. The molecule has 5 heteroatoms. The van der Waals surface area contributed by atoms with E-state index < -0.39 is 0 Å². The van der Waals surface area contributed by atoms with Crippen molar-refractivity contribution < 1.29 is 0 Å². The highest BCUT2D eigenvalue weighted by molar-refractivity contribution is 5.53. The second-order valence-electron chi connectivity index (χ2n) is 6.64. The van der Waals surface area contributed by atoms with E-state index in [1.165, 1.54) is 35.2 Å². The van der Waals surface area contributed by atoms with Crippen LogP contribution >= 0.6 is 0 Å². The summed E-state index contributed by atoms with van der Waals surface area (Å²) in [5.74, 6) is 1.71. The van der Waals surface area contributed by atoms with E-state index in [1.54, 1.807) is 0 Å². The lowest BCUT2D eigenvalue weighted by atomic mass is 10.1. The Labute approximate surface area is 135 Å². The number of nitrogens with zero attached hydrogens (tertiary/aromatic N) is 5. The van der Waals surface area contributed by atoms with Gasteiger partial charge in [0.05, 0.1) is 11.7 Å². The van der Waals surface area contributed by atoms with Crippen LogP contribution in [0.1, 0.15) is 41.4 Å². The monoisotopic (exact) mass is 305 g/mol. The second kappa shape index (κ2) is 5.13. The average Bonchev–Trinajstić information content (AvgIpc) is 3.37. The van der Waals surface area contributed by atoms with Gasteiger partial charge in [-0.05, 0) is 25.0 Å². The summed E-state index contributed by atoms with van der Waals surface area (Å²) in [6.45, 7) is 2.92. The molecule has 3 aromatic heterocycles. The number of hydrogen-bond donors (Lipinski definition) is 0. The summed E-state index contributed by atoms with van der Waals surface area (Å²) < 4.78 is 1.94. The van der Waals surface area contributed by atoms with Gasteiger partial charge in [0.2, 0.25) is 0 Å². The summed E-state index contributed by atoms with van der Waals surface area (Å²) in [5, 5.41) is 4.43. The lowest BCUT2D eigenvalue weighted by Gasteiger charge is -2.27. The van der Waals surface area contributed by atoms with Crippen LogP contribution < -0.4 is 0 Å². The average molecular weight is 305 g/mol. The predicted octanol–water partition coefficient (Wildman–Crippen LogP) is 2.56. The molecule has 0 radical (unpaired) electrons. The van der Waals surface area contributed by atoms with Crippen molar-refractivity contribution in [2.75, 3.05) is 6.54 Å². The van der Waals surface area contributed by atoms with E-state index in [0.717, 1.165) is 31.9 Å². The van der Waals surface area contributed by atoms with Crippen LogP contribution in [0.4, 0.5) is 0 Å². The van der Waals surface area contributed by atoms with Gasteiger partial charge in [0.1, 0.15) is 5.82 Å². The van der Waals surface area contributed by atoms with Gasteiger partial charge in [-0.15, -0.1) is 0 Å². The molecule has 4 heterocycles. The highest BCUT2D eigenvalue weighted by Gasteiger charge is 2.28. The van der Waals surface area contributed by atoms with Crippen LogP contribution in [0.25, 0.3) is 5.52 Å². The molecule has 0 unspecified atom stereocenters. The summed E-state index contributed by atoms with van der Waals surface area (Å²) in [4.78, 5) is 11.8. The summed E-state index contributed by atoms with van der Waals surface area (Å²) in [6, 6.07) is 6.21. The van der Waals surface area contributed by atoms with Gasteiger partial charge in [-0.2, -0.15) is 5.10 Å². The Morgan fingerprint density at radius 3 is 3.04 bits per heavy atom. The van der Waals surface area contributed by atoms with Crippen molar-refractivity contribution in [1.29, 1.82) is 0 Å². The molecule has 0 N–H and O–H groups in total. The lowest BCUT2D eigenvalue weighted by Crippen LogP contribution is -2.31. The SMILES string of the molecule is c1ccn2ncc(CN3CCc4nc(C5CC5)ncc4C3)c2c1. The van der Waals surface area contributed by atoms with Crippen LogP contribution in [0.3, 0.4) is 0 Å². The first-order chi connectivity index (χ1) is 11.4. The summed E-state index contributed by atoms with van der Waals surface area (Å²) in [7, 11) is 0. The van der Waals surface area contributed by atoms with Crippen molar-refractivity contribution in [2.24, 2.45) is 0 Å². The first-order valence-electron chi connectivity index (χ1n) is 8.35. The third kappa shape index (κ3) is 2.41. The van der Waals surface area contributed by atoms with E-state index in [9.17, 15) is 0 Å². The van der Waals surface area contributed by atoms with Crippen molar-refractivity contribution >= 4 is 5.52 Å². The van der Waals surface area contributed by atoms with Gasteiger partial charge < -0.3 is 0 Å². The highest BCUT2D eigenvalue weighted by atomic mass is 15.2. The van der Waals surface area contributed by atoms with Crippen molar-refractivity contribution in [1.82, 2.24) is 24.5 Å². The Kier molecular flexibility index (Phi) is 2.94. The van der Waals surface area contributed by atoms with Gasteiger partial charge in [0.25, 0.3) is 0 Å². The molecular formula is C18H19N5. The maximum Gasteiger partial charge on any atom is 0.131 e. The lowest BCUT2D eigenvalue weighted by molar-refractivity contribution is 0.243. The molecule has 3 aromatic rings. The van der Waals surface area contributed by atoms with Gasteiger partial charge in [0, 0.05) is 61.2 Å². The minimum Gasteiger partial charge on any atom is -0.294 e.